The third-order valence-electron chi connectivity index (χ3n) is 3.44. The molecule has 3 nitrogen and oxygen atoms in total. The molecule has 0 fully saturated rings. The Bertz CT molecular complexity index is 377. The zero-order valence-corrected chi connectivity index (χ0v) is 12.0. The number of aromatic hydroxyl groups is 1. The molecule has 0 amide bonds. The van der Waals surface area contributed by atoms with Crippen molar-refractivity contribution in [2.24, 2.45) is 11.1 Å². The minimum atomic E-state index is 0.0899. The highest BCUT2D eigenvalue weighted by molar-refractivity contribution is 5.34. The number of para-hydroxylation sites is 1. The van der Waals surface area contributed by atoms with Gasteiger partial charge in [-0.25, -0.2) is 0 Å². The number of phenolic OH excluding ortho intramolecular Hbond substituents is 1. The van der Waals surface area contributed by atoms with Crippen molar-refractivity contribution in [2.45, 2.75) is 33.2 Å². The fourth-order valence-electron chi connectivity index (χ4n) is 2.39. The summed E-state index contributed by atoms with van der Waals surface area (Å²) < 4.78 is 0. The molecule has 1 atom stereocenters. The molecule has 0 saturated carbocycles. The van der Waals surface area contributed by atoms with Crippen LogP contribution in [0.3, 0.4) is 0 Å². The number of rotatable bonds is 6. The maximum absolute atomic E-state index is 9.97. The molecule has 0 aliphatic carbocycles. The Labute approximate surface area is 111 Å². The van der Waals surface area contributed by atoms with E-state index in [1.165, 1.54) is 0 Å². The molecule has 18 heavy (non-hydrogen) atoms. The molecule has 1 aromatic rings. The molecule has 0 spiro atoms. The van der Waals surface area contributed by atoms with Gasteiger partial charge in [0.1, 0.15) is 5.75 Å². The summed E-state index contributed by atoms with van der Waals surface area (Å²) in [7, 11) is 2.10. The fraction of sp³-hybridized carbons (Fsp3) is 0.600. The summed E-state index contributed by atoms with van der Waals surface area (Å²) in [5.41, 5.74) is 6.87. The van der Waals surface area contributed by atoms with Gasteiger partial charge < -0.3 is 10.8 Å². The van der Waals surface area contributed by atoms with Gasteiger partial charge >= 0.3 is 0 Å². The molecule has 1 unspecified atom stereocenters. The number of phenols is 1. The summed E-state index contributed by atoms with van der Waals surface area (Å²) in [4.78, 5) is 2.28. The maximum Gasteiger partial charge on any atom is 0.120 e. The first-order valence-corrected chi connectivity index (χ1v) is 6.59. The molecule has 1 rings (SSSR count). The lowest BCUT2D eigenvalue weighted by Crippen LogP contribution is -2.38. The molecule has 0 aliphatic rings. The van der Waals surface area contributed by atoms with Gasteiger partial charge in [-0.2, -0.15) is 0 Å². The Morgan fingerprint density at radius 2 is 1.94 bits per heavy atom. The summed E-state index contributed by atoms with van der Waals surface area (Å²) in [6.07, 6.45) is 0.967. The van der Waals surface area contributed by atoms with Gasteiger partial charge in [0.05, 0.1) is 0 Å². The first-order valence-electron chi connectivity index (χ1n) is 6.59. The first kappa shape index (κ1) is 15.0. The first-order chi connectivity index (χ1) is 8.41. The van der Waals surface area contributed by atoms with E-state index in [9.17, 15) is 5.11 Å². The van der Waals surface area contributed by atoms with E-state index < -0.39 is 0 Å². The van der Waals surface area contributed by atoms with Gasteiger partial charge in [-0.1, -0.05) is 39.0 Å². The highest BCUT2D eigenvalue weighted by Crippen LogP contribution is 2.31. The molecule has 102 valence electrons. The largest absolute Gasteiger partial charge is 0.508 e. The molecule has 0 aliphatic heterocycles. The Morgan fingerprint density at radius 1 is 1.33 bits per heavy atom. The lowest BCUT2D eigenvalue weighted by molar-refractivity contribution is 0.159. The van der Waals surface area contributed by atoms with E-state index in [4.69, 9.17) is 5.73 Å². The fourth-order valence-corrected chi connectivity index (χ4v) is 2.39. The van der Waals surface area contributed by atoms with Gasteiger partial charge in [-0.3, -0.25) is 4.90 Å². The normalized spacial score (nSPS) is 13.9. The van der Waals surface area contributed by atoms with Crippen LogP contribution < -0.4 is 5.73 Å². The van der Waals surface area contributed by atoms with Crippen LogP contribution >= 0.6 is 0 Å². The van der Waals surface area contributed by atoms with Crippen LogP contribution in [0.15, 0.2) is 24.3 Å². The van der Waals surface area contributed by atoms with Crippen molar-refractivity contribution < 1.29 is 5.11 Å². The van der Waals surface area contributed by atoms with Crippen LogP contribution in [0.5, 0.6) is 5.75 Å². The Kier molecular flexibility index (Phi) is 5.17. The second-order valence-electron chi connectivity index (χ2n) is 5.77. The van der Waals surface area contributed by atoms with Gasteiger partial charge in [-0.05, 0) is 31.5 Å². The lowest BCUT2D eigenvalue weighted by atomic mass is 9.91. The van der Waals surface area contributed by atoms with Gasteiger partial charge in [0.25, 0.3) is 0 Å². The summed E-state index contributed by atoms with van der Waals surface area (Å²) in [6.45, 7) is 8.05. The van der Waals surface area contributed by atoms with Crippen LogP contribution in [0.4, 0.5) is 0 Å². The zero-order valence-electron chi connectivity index (χ0n) is 12.0. The lowest BCUT2D eigenvalue weighted by Gasteiger charge is -2.34. The van der Waals surface area contributed by atoms with E-state index >= 15 is 0 Å². The molecule has 1 aromatic carbocycles. The number of nitrogens with two attached hydrogens (primary N) is 1. The topological polar surface area (TPSA) is 49.5 Å². The van der Waals surface area contributed by atoms with Crippen LogP contribution in [0.2, 0.25) is 0 Å². The third-order valence-corrected chi connectivity index (χ3v) is 3.44. The molecular weight excluding hydrogens is 224 g/mol. The molecule has 3 heteroatoms. The average Bonchev–Trinajstić information content (AvgIpc) is 2.32. The van der Waals surface area contributed by atoms with Crippen molar-refractivity contribution in [3.05, 3.63) is 29.8 Å². The van der Waals surface area contributed by atoms with Crippen molar-refractivity contribution in [3.63, 3.8) is 0 Å². The molecule has 3 N–H and O–H groups in total. The predicted molar refractivity (Wildman–Crippen MR) is 76.6 cm³/mol. The smallest absolute Gasteiger partial charge is 0.120 e. The van der Waals surface area contributed by atoms with Crippen molar-refractivity contribution >= 4 is 0 Å². The van der Waals surface area contributed by atoms with Crippen LogP contribution in [-0.4, -0.2) is 30.1 Å². The maximum atomic E-state index is 9.97. The minimum Gasteiger partial charge on any atom is -0.508 e. The standard InChI is InChI=1S/C15H26N2O/c1-5-13(12-8-6-7-9-14(12)18)17(4)11-15(2,3)10-16/h6-9,13,18H,5,10-11,16H2,1-4H3. The number of hydrogen-bond donors (Lipinski definition) is 2. The van der Waals surface area contributed by atoms with Crippen molar-refractivity contribution in [1.82, 2.24) is 4.90 Å². The quantitative estimate of drug-likeness (QED) is 0.816. The Balaban J connectivity index is 2.87. The van der Waals surface area contributed by atoms with Gasteiger partial charge in [0, 0.05) is 18.2 Å². The third kappa shape index (κ3) is 3.72. The number of nitrogens with zero attached hydrogens (tertiary/aromatic N) is 1. The summed E-state index contributed by atoms with van der Waals surface area (Å²) in [6, 6.07) is 7.81. The number of benzene rings is 1. The van der Waals surface area contributed by atoms with E-state index in [-0.39, 0.29) is 11.5 Å². The second kappa shape index (κ2) is 6.21. The molecule has 0 bridgehead atoms. The second-order valence-corrected chi connectivity index (χ2v) is 5.77. The molecule has 0 aromatic heterocycles. The SMILES string of the molecule is CCC(c1ccccc1O)N(C)CC(C)(C)CN. The predicted octanol–water partition coefficient (Wildman–Crippen LogP) is 2.76. The van der Waals surface area contributed by atoms with Gasteiger partial charge in [0.2, 0.25) is 0 Å². The zero-order chi connectivity index (χ0) is 13.8. The summed E-state index contributed by atoms with van der Waals surface area (Å²) in [5, 5.41) is 9.97. The Hall–Kier alpha value is -1.06. The van der Waals surface area contributed by atoms with Crippen LogP contribution in [0, 0.1) is 5.41 Å². The molecule has 0 heterocycles. The van der Waals surface area contributed by atoms with Crippen LogP contribution in [-0.2, 0) is 0 Å². The van der Waals surface area contributed by atoms with Gasteiger partial charge in [-0.15, -0.1) is 0 Å². The number of hydrogen-bond acceptors (Lipinski definition) is 3. The average molecular weight is 250 g/mol. The highest BCUT2D eigenvalue weighted by atomic mass is 16.3. The Morgan fingerprint density at radius 3 is 2.44 bits per heavy atom. The van der Waals surface area contributed by atoms with Gasteiger partial charge in [0.15, 0.2) is 0 Å². The van der Waals surface area contributed by atoms with E-state index in [0.29, 0.717) is 12.3 Å². The van der Waals surface area contributed by atoms with Crippen molar-refractivity contribution in [2.75, 3.05) is 20.1 Å². The van der Waals surface area contributed by atoms with E-state index in [1.54, 1.807) is 6.07 Å². The van der Waals surface area contributed by atoms with Crippen molar-refractivity contribution in [3.8, 4) is 5.75 Å². The highest BCUT2D eigenvalue weighted by Gasteiger charge is 2.24. The molecule has 0 radical (unpaired) electrons. The minimum absolute atomic E-state index is 0.0899. The van der Waals surface area contributed by atoms with Crippen molar-refractivity contribution in [1.29, 1.82) is 0 Å². The monoisotopic (exact) mass is 250 g/mol. The van der Waals surface area contributed by atoms with E-state index in [0.717, 1.165) is 18.5 Å². The summed E-state index contributed by atoms with van der Waals surface area (Å²) in [5.74, 6) is 0.377. The van der Waals surface area contributed by atoms with E-state index in [1.807, 2.05) is 18.2 Å². The molecule has 0 saturated heterocycles. The van der Waals surface area contributed by atoms with Crippen LogP contribution in [0.1, 0.15) is 38.8 Å². The van der Waals surface area contributed by atoms with Crippen LogP contribution in [0.25, 0.3) is 0 Å². The molecular formula is C15H26N2O. The summed E-state index contributed by atoms with van der Waals surface area (Å²) >= 11 is 0. The van der Waals surface area contributed by atoms with E-state index in [2.05, 4.69) is 32.7 Å².